The van der Waals surface area contributed by atoms with Crippen LogP contribution in [0.2, 0.25) is 0 Å². The van der Waals surface area contributed by atoms with E-state index in [-0.39, 0.29) is 12.0 Å². The van der Waals surface area contributed by atoms with Gasteiger partial charge in [-0.25, -0.2) is 0 Å². The molecule has 1 amide bonds. The lowest BCUT2D eigenvalue weighted by atomic mass is 9.89. The summed E-state index contributed by atoms with van der Waals surface area (Å²) in [6.07, 6.45) is 4.41. The van der Waals surface area contributed by atoms with Gasteiger partial charge in [-0.05, 0) is 25.0 Å². The summed E-state index contributed by atoms with van der Waals surface area (Å²) in [7, 11) is 0. The predicted octanol–water partition coefficient (Wildman–Crippen LogP) is 2.68. The minimum atomic E-state index is 0.123. The van der Waals surface area contributed by atoms with Crippen molar-refractivity contribution in [1.82, 2.24) is 10.3 Å². The first-order valence-corrected chi connectivity index (χ1v) is 7.08. The summed E-state index contributed by atoms with van der Waals surface area (Å²) < 4.78 is 5.70. The molecule has 0 saturated heterocycles. The first-order valence-electron chi connectivity index (χ1n) is 7.08. The van der Waals surface area contributed by atoms with E-state index in [1.807, 2.05) is 39.0 Å². The highest BCUT2D eigenvalue weighted by Gasteiger charge is 2.30. The van der Waals surface area contributed by atoms with Gasteiger partial charge in [0.15, 0.2) is 0 Å². The summed E-state index contributed by atoms with van der Waals surface area (Å²) in [6, 6.07) is 6.10. The number of ether oxygens (including phenoxy) is 1. The second kappa shape index (κ2) is 8.64. The van der Waals surface area contributed by atoms with E-state index in [2.05, 4.69) is 10.3 Å². The second-order valence-corrected chi connectivity index (χ2v) is 4.34. The molecule has 1 heterocycles. The monoisotopic (exact) mass is 264 g/mol. The largest absolute Gasteiger partial charge is 0.372 e. The van der Waals surface area contributed by atoms with Crippen molar-refractivity contribution in [3.05, 3.63) is 30.1 Å². The minimum Gasteiger partial charge on any atom is -0.372 e. The van der Waals surface area contributed by atoms with Crippen molar-refractivity contribution in [3.63, 3.8) is 0 Å². The molecule has 106 valence electrons. The number of hydrogen-bond donors (Lipinski definition) is 1. The molecule has 0 atom stereocenters. The summed E-state index contributed by atoms with van der Waals surface area (Å²) in [5.74, 6) is 0.123. The van der Waals surface area contributed by atoms with Crippen LogP contribution in [0.25, 0.3) is 0 Å². The van der Waals surface area contributed by atoms with Crippen molar-refractivity contribution in [2.45, 2.75) is 58.8 Å². The average molecular weight is 264 g/mol. The molecule has 1 N–H and O–H groups in total. The van der Waals surface area contributed by atoms with Crippen LogP contribution < -0.4 is 5.32 Å². The molecule has 4 nitrogen and oxygen atoms in total. The van der Waals surface area contributed by atoms with E-state index in [9.17, 15) is 4.79 Å². The molecular formula is C15H24N2O2. The molecule has 0 aromatic carbocycles. The van der Waals surface area contributed by atoms with Gasteiger partial charge in [-0.1, -0.05) is 26.8 Å². The Balaban J connectivity index is 0.000000861. The molecule has 2 rings (SSSR count). The Kier molecular flexibility index (Phi) is 7.11. The van der Waals surface area contributed by atoms with Gasteiger partial charge in [0.1, 0.15) is 0 Å². The van der Waals surface area contributed by atoms with Crippen LogP contribution in [0.4, 0.5) is 0 Å². The lowest BCUT2D eigenvalue weighted by molar-refractivity contribution is -0.123. The molecule has 1 saturated carbocycles. The third-order valence-electron chi connectivity index (χ3n) is 2.97. The molecule has 1 aliphatic carbocycles. The van der Waals surface area contributed by atoms with Gasteiger partial charge in [-0.3, -0.25) is 9.78 Å². The van der Waals surface area contributed by atoms with Crippen molar-refractivity contribution in [2.24, 2.45) is 0 Å². The Labute approximate surface area is 115 Å². The highest BCUT2D eigenvalue weighted by Crippen LogP contribution is 2.24. The highest BCUT2D eigenvalue weighted by molar-refractivity contribution is 5.75. The maximum absolute atomic E-state index is 11.1. The van der Waals surface area contributed by atoms with Gasteiger partial charge in [0, 0.05) is 18.7 Å². The van der Waals surface area contributed by atoms with Gasteiger partial charge < -0.3 is 10.1 Å². The molecule has 1 aliphatic rings. The van der Waals surface area contributed by atoms with Crippen LogP contribution in [-0.2, 0) is 16.1 Å². The quantitative estimate of drug-likeness (QED) is 0.889. The van der Waals surface area contributed by atoms with E-state index in [1.54, 1.807) is 6.20 Å². The van der Waals surface area contributed by atoms with Gasteiger partial charge in [0.25, 0.3) is 0 Å². The number of rotatable bonds is 5. The van der Waals surface area contributed by atoms with E-state index in [0.717, 1.165) is 18.5 Å². The van der Waals surface area contributed by atoms with Crippen molar-refractivity contribution < 1.29 is 9.53 Å². The molecule has 1 aromatic heterocycles. The van der Waals surface area contributed by atoms with Crippen LogP contribution in [0.5, 0.6) is 0 Å². The number of carbonyl (C=O) groups excluding carboxylic acids is 1. The molecule has 19 heavy (non-hydrogen) atoms. The van der Waals surface area contributed by atoms with Gasteiger partial charge in [-0.15, -0.1) is 0 Å². The lowest BCUT2D eigenvalue weighted by Gasteiger charge is -2.35. The van der Waals surface area contributed by atoms with E-state index in [1.165, 1.54) is 0 Å². The van der Waals surface area contributed by atoms with Gasteiger partial charge >= 0.3 is 0 Å². The average Bonchev–Trinajstić information content (AvgIpc) is 2.44. The smallest absolute Gasteiger partial charge is 0.219 e. The van der Waals surface area contributed by atoms with Crippen LogP contribution in [0.15, 0.2) is 24.4 Å². The van der Waals surface area contributed by atoms with Crippen LogP contribution in [0.3, 0.4) is 0 Å². The van der Waals surface area contributed by atoms with E-state index >= 15 is 0 Å². The maximum Gasteiger partial charge on any atom is 0.219 e. The SMILES string of the molecule is CC.CCC(=O)NC1CC(OCc2ccccn2)C1. The van der Waals surface area contributed by atoms with Crippen LogP contribution in [-0.4, -0.2) is 23.0 Å². The Morgan fingerprint density at radius 2 is 2.16 bits per heavy atom. The lowest BCUT2D eigenvalue weighted by Crippen LogP contribution is -2.47. The van der Waals surface area contributed by atoms with Crippen molar-refractivity contribution in [3.8, 4) is 0 Å². The van der Waals surface area contributed by atoms with Gasteiger partial charge in [0.2, 0.25) is 5.91 Å². The third kappa shape index (κ3) is 5.39. The summed E-state index contributed by atoms with van der Waals surface area (Å²) in [5.41, 5.74) is 0.952. The van der Waals surface area contributed by atoms with Gasteiger partial charge in [-0.2, -0.15) is 0 Å². The summed E-state index contributed by atoms with van der Waals surface area (Å²) >= 11 is 0. The van der Waals surface area contributed by atoms with E-state index in [0.29, 0.717) is 19.1 Å². The zero-order chi connectivity index (χ0) is 14.1. The number of aromatic nitrogens is 1. The molecule has 4 heteroatoms. The summed E-state index contributed by atoms with van der Waals surface area (Å²) in [5, 5.41) is 2.96. The summed E-state index contributed by atoms with van der Waals surface area (Å²) in [6.45, 7) is 6.42. The molecule has 1 fully saturated rings. The fraction of sp³-hybridized carbons (Fsp3) is 0.600. The first-order chi connectivity index (χ1) is 9.28. The Morgan fingerprint density at radius 3 is 2.74 bits per heavy atom. The first kappa shape index (κ1) is 15.6. The third-order valence-corrected chi connectivity index (χ3v) is 2.97. The fourth-order valence-corrected chi connectivity index (χ4v) is 1.84. The molecular weight excluding hydrogens is 240 g/mol. The van der Waals surface area contributed by atoms with E-state index in [4.69, 9.17) is 4.74 Å². The number of hydrogen-bond acceptors (Lipinski definition) is 3. The van der Waals surface area contributed by atoms with E-state index < -0.39 is 0 Å². The molecule has 0 bridgehead atoms. The standard InChI is InChI=1S/C13H18N2O2.C2H6/c1-2-13(16)15-11-7-12(8-11)17-9-10-5-3-4-6-14-10;1-2/h3-6,11-12H,2,7-9H2,1H3,(H,15,16);1-2H3. The number of pyridine rings is 1. The minimum absolute atomic E-state index is 0.123. The number of nitrogens with zero attached hydrogens (tertiary/aromatic N) is 1. The number of nitrogens with one attached hydrogen (secondary N) is 1. The fourth-order valence-electron chi connectivity index (χ4n) is 1.84. The topological polar surface area (TPSA) is 51.2 Å². The number of carbonyl (C=O) groups is 1. The Morgan fingerprint density at radius 1 is 1.42 bits per heavy atom. The predicted molar refractivity (Wildman–Crippen MR) is 75.6 cm³/mol. The van der Waals surface area contributed by atoms with Crippen molar-refractivity contribution in [1.29, 1.82) is 0 Å². The molecule has 0 spiro atoms. The van der Waals surface area contributed by atoms with Crippen LogP contribution in [0.1, 0.15) is 45.7 Å². The zero-order valence-electron chi connectivity index (χ0n) is 12.1. The van der Waals surface area contributed by atoms with Crippen molar-refractivity contribution in [2.75, 3.05) is 0 Å². The maximum atomic E-state index is 11.1. The normalized spacial score (nSPS) is 20.8. The second-order valence-electron chi connectivity index (χ2n) is 4.34. The molecule has 0 radical (unpaired) electrons. The van der Waals surface area contributed by atoms with Crippen LogP contribution in [0, 0.1) is 0 Å². The number of amides is 1. The van der Waals surface area contributed by atoms with Crippen molar-refractivity contribution >= 4 is 5.91 Å². The van der Waals surface area contributed by atoms with Crippen LogP contribution >= 0.6 is 0 Å². The highest BCUT2D eigenvalue weighted by atomic mass is 16.5. The zero-order valence-corrected chi connectivity index (χ0v) is 12.1. The Hall–Kier alpha value is -1.42. The molecule has 1 aromatic rings. The Bertz CT molecular complexity index is 362. The van der Waals surface area contributed by atoms with Gasteiger partial charge in [0.05, 0.1) is 18.4 Å². The molecule has 0 unspecified atom stereocenters. The molecule has 0 aliphatic heterocycles. The summed E-state index contributed by atoms with van der Waals surface area (Å²) in [4.78, 5) is 15.3.